The van der Waals surface area contributed by atoms with Gasteiger partial charge in [0.2, 0.25) is 5.82 Å². The topological polar surface area (TPSA) is 29.0 Å². The summed E-state index contributed by atoms with van der Waals surface area (Å²) in [7, 11) is 0. The van der Waals surface area contributed by atoms with Gasteiger partial charge in [0.15, 0.2) is 0 Å². The van der Waals surface area contributed by atoms with E-state index >= 15 is 0 Å². The van der Waals surface area contributed by atoms with Crippen molar-refractivity contribution in [2.24, 2.45) is 11.8 Å². The largest absolute Gasteiger partial charge is 0.451 e. The van der Waals surface area contributed by atoms with Gasteiger partial charge in [-0.15, -0.1) is 0 Å². The Hall–Kier alpha value is -1.17. The molecule has 104 valence electrons. The Morgan fingerprint density at radius 1 is 1.16 bits per heavy atom. The average Bonchev–Trinajstić information content (AvgIpc) is 2.82. The second-order valence-electron chi connectivity index (χ2n) is 5.74. The molecule has 2 fully saturated rings. The van der Waals surface area contributed by atoms with Crippen molar-refractivity contribution in [3.05, 3.63) is 23.8 Å². The molecule has 2 aliphatic rings. The first-order valence-electron chi connectivity index (χ1n) is 6.51. The van der Waals surface area contributed by atoms with Crippen LogP contribution in [0.3, 0.4) is 0 Å². The Morgan fingerprint density at radius 2 is 1.68 bits per heavy atom. The standard InChI is InChI=1S/C13H16F3N3/c1-7(2)19-5-9-10(6-19)11(9)8-3-17-12(18-4-8)13(14,15)16/h3-4,7,9-11H,5-6H2,1-2H3. The maximum absolute atomic E-state index is 12.4. The van der Waals surface area contributed by atoms with Gasteiger partial charge in [0.25, 0.3) is 0 Å². The molecule has 1 aromatic rings. The number of fused-ring (bicyclic) bond motifs is 1. The Balaban J connectivity index is 1.68. The minimum absolute atomic E-state index is 0.359. The molecule has 0 bridgehead atoms. The van der Waals surface area contributed by atoms with Gasteiger partial charge in [0.05, 0.1) is 0 Å². The van der Waals surface area contributed by atoms with E-state index < -0.39 is 12.0 Å². The van der Waals surface area contributed by atoms with Crippen molar-refractivity contribution in [3.8, 4) is 0 Å². The number of piperidine rings is 1. The van der Waals surface area contributed by atoms with Gasteiger partial charge < -0.3 is 4.90 Å². The van der Waals surface area contributed by atoms with E-state index in [-0.39, 0.29) is 0 Å². The third-order valence-corrected chi connectivity index (χ3v) is 4.26. The normalized spacial score (nSPS) is 30.7. The van der Waals surface area contributed by atoms with E-state index in [0.29, 0.717) is 23.8 Å². The summed E-state index contributed by atoms with van der Waals surface area (Å²) in [4.78, 5) is 9.30. The van der Waals surface area contributed by atoms with Crippen LogP contribution in [0.15, 0.2) is 12.4 Å². The molecule has 19 heavy (non-hydrogen) atoms. The predicted octanol–water partition coefficient (Wildman–Crippen LogP) is 2.55. The Morgan fingerprint density at radius 3 is 2.11 bits per heavy atom. The van der Waals surface area contributed by atoms with Crippen molar-refractivity contribution in [2.45, 2.75) is 32.0 Å². The molecule has 0 N–H and O–H groups in total. The third-order valence-electron chi connectivity index (χ3n) is 4.26. The number of aromatic nitrogens is 2. The molecule has 2 heterocycles. The van der Waals surface area contributed by atoms with E-state index in [1.807, 2.05) is 0 Å². The molecule has 0 spiro atoms. The minimum Gasteiger partial charge on any atom is -0.300 e. The van der Waals surface area contributed by atoms with Crippen molar-refractivity contribution in [2.75, 3.05) is 13.1 Å². The first-order valence-corrected chi connectivity index (χ1v) is 6.51. The maximum atomic E-state index is 12.4. The van der Waals surface area contributed by atoms with Crippen LogP contribution < -0.4 is 0 Å². The van der Waals surface area contributed by atoms with E-state index in [9.17, 15) is 13.2 Å². The minimum atomic E-state index is -4.45. The molecule has 2 atom stereocenters. The summed E-state index contributed by atoms with van der Waals surface area (Å²) in [5.74, 6) is 0.452. The molecule has 2 unspecified atom stereocenters. The summed E-state index contributed by atoms with van der Waals surface area (Å²) < 4.78 is 37.1. The Kier molecular flexibility index (Phi) is 2.81. The molecule has 3 nitrogen and oxygen atoms in total. The lowest BCUT2D eigenvalue weighted by molar-refractivity contribution is -0.145. The molecular formula is C13H16F3N3. The van der Waals surface area contributed by atoms with Crippen LogP contribution in [-0.4, -0.2) is 34.0 Å². The van der Waals surface area contributed by atoms with E-state index in [4.69, 9.17) is 0 Å². The molecule has 0 amide bonds. The zero-order chi connectivity index (χ0) is 13.8. The van der Waals surface area contributed by atoms with Gasteiger partial charge in [-0.05, 0) is 37.2 Å². The monoisotopic (exact) mass is 271 g/mol. The molecule has 0 aromatic carbocycles. The molecule has 6 heteroatoms. The summed E-state index contributed by atoms with van der Waals surface area (Å²) in [5, 5.41) is 0. The molecule has 1 aromatic heterocycles. The van der Waals surface area contributed by atoms with E-state index in [1.165, 1.54) is 12.4 Å². The third kappa shape index (κ3) is 2.22. The van der Waals surface area contributed by atoms with Gasteiger partial charge in [-0.1, -0.05) is 0 Å². The number of halogens is 3. The lowest BCUT2D eigenvalue weighted by Crippen LogP contribution is -2.31. The van der Waals surface area contributed by atoms with Crippen LogP contribution in [-0.2, 0) is 6.18 Å². The molecule has 3 rings (SSSR count). The fourth-order valence-corrected chi connectivity index (χ4v) is 3.13. The van der Waals surface area contributed by atoms with E-state index in [1.54, 1.807) is 0 Å². The van der Waals surface area contributed by atoms with Crippen molar-refractivity contribution in [1.29, 1.82) is 0 Å². The highest BCUT2D eigenvalue weighted by atomic mass is 19.4. The highest BCUT2D eigenvalue weighted by Gasteiger charge is 2.56. The Bertz CT molecular complexity index is 457. The Labute approximate surface area is 109 Å². The number of likely N-dealkylation sites (tertiary alicyclic amines) is 1. The second kappa shape index (κ2) is 4.16. The van der Waals surface area contributed by atoms with E-state index in [0.717, 1.165) is 18.7 Å². The van der Waals surface area contributed by atoms with Crippen molar-refractivity contribution in [1.82, 2.24) is 14.9 Å². The molecule has 0 radical (unpaired) electrons. The number of hydrogen-bond donors (Lipinski definition) is 0. The lowest BCUT2D eigenvalue weighted by Gasteiger charge is -2.23. The molecule has 1 saturated carbocycles. The van der Waals surface area contributed by atoms with Gasteiger partial charge in [-0.3, -0.25) is 0 Å². The number of rotatable bonds is 2. The van der Waals surface area contributed by atoms with Crippen molar-refractivity contribution < 1.29 is 13.2 Å². The summed E-state index contributed by atoms with van der Waals surface area (Å²) in [6, 6.07) is 0.539. The first kappa shape index (κ1) is 12.8. The summed E-state index contributed by atoms with van der Waals surface area (Å²) >= 11 is 0. The highest BCUT2D eigenvalue weighted by molar-refractivity contribution is 5.27. The van der Waals surface area contributed by atoms with Gasteiger partial charge in [0, 0.05) is 31.5 Å². The zero-order valence-electron chi connectivity index (χ0n) is 10.9. The van der Waals surface area contributed by atoms with Crippen LogP contribution in [0.25, 0.3) is 0 Å². The lowest BCUT2D eigenvalue weighted by atomic mass is 10.1. The zero-order valence-corrected chi connectivity index (χ0v) is 10.9. The molecule has 1 aliphatic heterocycles. The number of nitrogens with zero attached hydrogens (tertiary/aromatic N) is 3. The van der Waals surface area contributed by atoms with Gasteiger partial charge in [-0.25, -0.2) is 9.97 Å². The van der Waals surface area contributed by atoms with Gasteiger partial charge in [-0.2, -0.15) is 13.2 Å². The second-order valence-corrected chi connectivity index (χ2v) is 5.74. The molecular weight excluding hydrogens is 255 g/mol. The van der Waals surface area contributed by atoms with Crippen LogP contribution in [0.4, 0.5) is 13.2 Å². The van der Waals surface area contributed by atoms with Gasteiger partial charge in [0.1, 0.15) is 0 Å². The molecule has 1 saturated heterocycles. The summed E-state index contributed by atoms with van der Waals surface area (Å²) in [5.41, 5.74) is 0.853. The first-order chi connectivity index (χ1) is 8.88. The fraction of sp³-hybridized carbons (Fsp3) is 0.692. The predicted molar refractivity (Wildman–Crippen MR) is 63.5 cm³/mol. The quantitative estimate of drug-likeness (QED) is 0.827. The average molecular weight is 271 g/mol. The van der Waals surface area contributed by atoms with Crippen molar-refractivity contribution in [3.63, 3.8) is 0 Å². The highest BCUT2D eigenvalue weighted by Crippen LogP contribution is 2.58. The van der Waals surface area contributed by atoms with Gasteiger partial charge >= 0.3 is 6.18 Å². The van der Waals surface area contributed by atoms with Crippen LogP contribution in [0.5, 0.6) is 0 Å². The van der Waals surface area contributed by atoms with Crippen molar-refractivity contribution >= 4 is 0 Å². The van der Waals surface area contributed by atoms with E-state index in [2.05, 4.69) is 28.7 Å². The smallest absolute Gasteiger partial charge is 0.300 e. The maximum Gasteiger partial charge on any atom is 0.451 e. The fourth-order valence-electron chi connectivity index (χ4n) is 3.13. The summed E-state index contributed by atoms with van der Waals surface area (Å²) in [6.07, 6.45) is -1.76. The number of alkyl halides is 3. The van der Waals surface area contributed by atoms with Crippen LogP contribution in [0.2, 0.25) is 0 Å². The number of hydrogen-bond acceptors (Lipinski definition) is 3. The van der Waals surface area contributed by atoms with Crippen LogP contribution in [0.1, 0.15) is 31.2 Å². The molecule has 1 aliphatic carbocycles. The van der Waals surface area contributed by atoms with Crippen LogP contribution in [0, 0.1) is 11.8 Å². The summed E-state index contributed by atoms with van der Waals surface area (Å²) in [6.45, 7) is 6.41. The SMILES string of the molecule is CC(C)N1CC2C(C1)C2c1cnc(C(F)(F)F)nc1. The van der Waals surface area contributed by atoms with Crippen LogP contribution >= 0.6 is 0 Å².